The largest absolute Gasteiger partial charge is 0.495 e. The fourth-order valence-electron chi connectivity index (χ4n) is 3.35. The monoisotopic (exact) mass is 410 g/mol. The van der Waals surface area contributed by atoms with Gasteiger partial charge in [-0.1, -0.05) is 11.6 Å². The van der Waals surface area contributed by atoms with Gasteiger partial charge in [-0.25, -0.2) is 0 Å². The zero-order valence-electron chi connectivity index (χ0n) is 16.2. The molecule has 2 heterocycles. The smallest absolute Gasteiger partial charge is 0.238 e. The fraction of sp³-hybridized carbons (Fsp3) is 0.579. The number of hydrogen-bond acceptors (Lipinski definition) is 6. The number of benzene rings is 1. The van der Waals surface area contributed by atoms with Crippen molar-refractivity contribution in [3.05, 3.63) is 23.2 Å². The second-order valence-electron chi connectivity index (χ2n) is 6.94. The molecule has 154 valence electrons. The molecule has 0 bridgehead atoms. The van der Waals surface area contributed by atoms with Gasteiger partial charge in [0.2, 0.25) is 11.8 Å². The summed E-state index contributed by atoms with van der Waals surface area (Å²) in [6, 6.07) is 5.14. The number of piperazine rings is 1. The zero-order chi connectivity index (χ0) is 19.9. The van der Waals surface area contributed by atoms with Crippen LogP contribution >= 0.6 is 11.6 Å². The molecule has 1 aromatic carbocycles. The molecule has 2 fully saturated rings. The SMILES string of the molecule is COc1ccc(NC(=O)CN2CCN(C(=O)CN3CCOCC3)CC2)cc1Cl. The highest BCUT2D eigenvalue weighted by Crippen LogP contribution is 2.27. The first-order valence-corrected chi connectivity index (χ1v) is 9.86. The summed E-state index contributed by atoms with van der Waals surface area (Å²) in [5, 5.41) is 3.30. The molecule has 0 unspecified atom stereocenters. The first-order chi connectivity index (χ1) is 13.5. The highest BCUT2D eigenvalue weighted by Gasteiger charge is 2.24. The summed E-state index contributed by atoms with van der Waals surface area (Å²) >= 11 is 6.09. The number of carbonyl (C=O) groups excluding carboxylic acids is 2. The quantitative estimate of drug-likeness (QED) is 0.746. The van der Waals surface area contributed by atoms with Gasteiger partial charge in [0, 0.05) is 45.0 Å². The Morgan fingerprint density at radius 1 is 1.07 bits per heavy atom. The maximum atomic E-state index is 12.4. The van der Waals surface area contributed by atoms with E-state index < -0.39 is 0 Å². The highest BCUT2D eigenvalue weighted by atomic mass is 35.5. The third-order valence-electron chi connectivity index (χ3n) is 4.99. The average molecular weight is 411 g/mol. The van der Waals surface area contributed by atoms with E-state index in [1.54, 1.807) is 25.3 Å². The number of ether oxygens (including phenoxy) is 2. The van der Waals surface area contributed by atoms with Gasteiger partial charge in [-0.3, -0.25) is 19.4 Å². The van der Waals surface area contributed by atoms with Crippen molar-refractivity contribution in [2.75, 3.05) is 78.0 Å². The van der Waals surface area contributed by atoms with Gasteiger partial charge >= 0.3 is 0 Å². The predicted octanol–water partition coefficient (Wildman–Crippen LogP) is 0.764. The van der Waals surface area contributed by atoms with Crippen molar-refractivity contribution < 1.29 is 19.1 Å². The van der Waals surface area contributed by atoms with Gasteiger partial charge in [0.25, 0.3) is 0 Å². The van der Waals surface area contributed by atoms with Crippen molar-refractivity contribution >= 4 is 29.1 Å². The molecule has 2 amide bonds. The van der Waals surface area contributed by atoms with Crippen LogP contribution in [0.1, 0.15) is 0 Å². The summed E-state index contributed by atoms with van der Waals surface area (Å²) in [4.78, 5) is 30.8. The van der Waals surface area contributed by atoms with E-state index in [1.807, 2.05) is 4.90 Å². The van der Waals surface area contributed by atoms with Crippen LogP contribution < -0.4 is 10.1 Å². The van der Waals surface area contributed by atoms with E-state index in [2.05, 4.69) is 15.1 Å². The van der Waals surface area contributed by atoms with Gasteiger partial charge in [0.1, 0.15) is 5.75 Å². The lowest BCUT2D eigenvalue weighted by Crippen LogP contribution is -2.53. The van der Waals surface area contributed by atoms with Crippen LogP contribution in [0.5, 0.6) is 5.75 Å². The molecule has 9 heteroatoms. The first-order valence-electron chi connectivity index (χ1n) is 9.49. The van der Waals surface area contributed by atoms with Gasteiger partial charge in [-0.05, 0) is 18.2 Å². The molecule has 1 N–H and O–H groups in total. The third kappa shape index (κ3) is 5.81. The third-order valence-corrected chi connectivity index (χ3v) is 5.29. The van der Waals surface area contributed by atoms with E-state index in [1.165, 1.54) is 0 Å². The second kappa shape index (κ2) is 10.1. The minimum absolute atomic E-state index is 0.102. The Morgan fingerprint density at radius 3 is 2.39 bits per heavy atom. The van der Waals surface area contributed by atoms with Crippen LogP contribution in [0.25, 0.3) is 0 Å². The summed E-state index contributed by atoms with van der Waals surface area (Å²) in [5.74, 6) is 0.616. The molecule has 2 aliphatic heterocycles. The Balaban J connectivity index is 1.40. The molecule has 0 atom stereocenters. The maximum absolute atomic E-state index is 12.4. The van der Waals surface area contributed by atoms with E-state index in [9.17, 15) is 9.59 Å². The topological polar surface area (TPSA) is 74.4 Å². The van der Waals surface area contributed by atoms with E-state index in [-0.39, 0.29) is 18.4 Å². The highest BCUT2D eigenvalue weighted by molar-refractivity contribution is 6.32. The predicted molar refractivity (Wildman–Crippen MR) is 107 cm³/mol. The lowest BCUT2D eigenvalue weighted by Gasteiger charge is -2.36. The van der Waals surface area contributed by atoms with Crippen LogP contribution in [0, 0.1) is 0 Å². The molecule has 0 aromatic heterocycles. The molecule has 28 heavy (non-hydrogen) atoms. The number of nitrogens with one attached hydrogen (secondary N) is 1. The Bertz CT molecular complexity index is 689. The average Bonchev–Trinajstić information content (AvgIpc) is 2.69. The van der Waals surface area contributed by atoms with Gasteiger partial charge in [0.05, 0.1) is 38.4 Å². The fourth-order valence-corrected chi connectivity index (χ4v) is 3.61. The molecular weight excluding hydrogens is 384 g/mol. The van der Waals surface area contributed by atoms with Crippen LogP contribution in [0.4, 0.5) is 5.69 Å². The van der Waals surface area contributed by atoms with Crippen molar-refractivity contribution in [2.45, 2.75) is 0 Å². The molecule has 2 aliphatic rings. The molecule has 0 saturated carbocycles. The number of anilines is 1. The van der Waals surface area contributed by atoms with E-state index >= 15 is 0 Å². The summed E-state index contributed by atoms with van der Waals surface area (Å²) in [6.45, 7) is 6.39. The summed E-state index contributed by atoms with van der Waals surface area (Å²) in [7, 11) is 1.55. The maximum Gasteiger partial charge on any atom is 0.238 e. The van der Waals surface area contributed by atoms with Gasteiger partial charge in [-0.15, -0.1) is 0 Å². The lowest BCUT2D eigenvalue weighted by molar-refractivity contribution is -0.135. The number of morpholine rings is 1. The molecule has 8 nitrogen and oxygen atoms in total. The number of carbonyl (C=O) groups is 2. The number of halogens is 1. The standard InChI is InChI=1S/C19H27ClN4O4/c1-27-17-3-2-15(12-16(17)20)21-18(25)13-22-4-6-24(7-5-22)19(26)14-23-8-10-28-11-9-23/h2-3,12H,4-11,13-14H2,1H3,(H,21,25). The van der Waals surface area contributed by atoms with Crippen LogP contribution in [-0.2, 0) is 14.3 Å². The Hall–Kier alpha value is -1.87. The Kier molecular flexibility index (Phi) is 7.50. The molecule has 0 spiro atoms. The van der Waals surface area contributed by atoms with Crippen molar-refractivity contribution in [1.29, 1.82) is 0 Å². The Morgan fingerprint density at radius 2 is 1.75 bits per heavy atom. The Labute approximate surface area is 170 Å². The minimum Gasteiger partial charge on any atom is -0.495 e. The van der Waals surface area contributed by atoms with E-state index in [0.717, 1.165) is 13.1 Å². The molecule has 0 aliphatic carbocycles. The number of nitrogens with zero attached hydrogens (tertiary/aromatic N) is 3. The van der Waals surface area contributed by atoms with Gasteiger partial charge in [-0.2, -0.15) is 0 Å². The summed E-state index contributed by atoms with van der Waals surface area (Å²) in [5.41, 5.74) is 0.634. The van der Waals surface area contributed by atoms with Crippen molar-refractivity contribution in [3.63, 3.8) is 0 Å². The molecule has 0 radical (unpaired) electrons. The number of amides is 2. The minimum atomic E-state index is -0.102. The number of methoxy groups -OCH3 is 1. The number of hydrogen-bond donors (Lipinski definition) is 1. The molecule has 2 saturated heterocycles. The van der Waals surface area contributed by atoms with Crippen molar-refractivity contribution in [3.8, 4) is 5.75 Å². The van der Waals surface area contributed by atoms with Crippen LogP contribution in [0.15, 0.2) is 18.2 Å². The summed E-state index contributed by atoms with van der Waals surface area (Å²) in [6.07, 6.45) is 0. The lowest BCUT2D eigenvalue weighted by atomic mass is 10.2. The van der Waals surface area contributed by atoms with E-state index in [0.29, 0.717) is 62.4 Å². The second-order valence-corrected chi connectivity index (χ2v) is 7.35. The molecule has 3 rings (SSSR count). The molecular formula is C19H27ClN4O4. The summed E-state index contributed by atoms with van der Waals surface area (Å²) < 4.78 is 10.4. The van der Waals surface area contributed by atoms with Crippen LogP contribution in [0.3, 0.4) is 0 Å². The van der Waals surface area contributed by atoms with Crippen LogP contribution in [0.2, 0.25) is 5.02 Å². The van der Waals surface area contributed by atoms with Crippen LogP contribution in [-0.4, -0.2) is 99.2 Å². The van der Waals surface area contributed by atoms with Crippen molar-refractivity contribution in [1.82, 2.24) is 14.7 Å². The molecule has 1 aromatic rings. The van der Waals surface area contributed by atoms with Crippen molar-refractivity contribution in [2.24, 2.45) is 0 Å². The van der Waals surface area contributed by atoms with Gasteiger partial charge in [0.15, 0.2) is 0 Å². The number of rotatable bonds is 6. The van der Waals surface area contributed by atoms with Gasteiger partial charge < -0.3 is 19.7 Å². The normalized spacial score (nSPS) is 18.7. The van der Waals surface area contributed by atoms with E-state index in [4.69, 9.17) is 21.1 Å². The first kappa shape index (κ1) is 20.9. The zero-order valence-corrected chi connectivity index (χ0v) is 16.9.